The topological polar surface area (TPSA) is 115 Å². The summed E-state index contributed by atoms with van der Waals surface area (Å²) >= 11 is 0. The number of piperidine rings is 1. The molecule has 224 valence electrons. The van der Waals surface area contributed by atoms with Gasteiger partial charge in [-0.05, 0) is 68.9 Å². The fourth-order valence-electron chi connectivity index (χ4n) is 5.51. The molecule has 1 aromatic heterocycles. The maximum absolute atomic E-state index is 13.9. The molecule has 6 rings (SSSR count). The summed E-state index contributed by atoms with van der Waals surface area (Å²) in [6.45, 7) is 5.61. The molecule has 0 saturated carbocycles. The molecule has 11 heteroatoms. The van der Waals surface area contributed by atoms with Crippen LogP contribution < -0.4 is 19.4 Å². The van der Waals surface area contributed by atoms with E-state index in [2.05, 4.69) is 15.1 Å². The lowest BCUT2D eigenvalue weighted by atomic mass is 10.1. The fourth-order valence-corrected chi connectivity index (χ4v) is 6.95. The van der Waals surface area contributed by atoms with Crippen LogP contribution in [0.3, 0.4) is 0 Å². The highest BCUT2D eigenvalue weighted by Gasteiger charge is 2.27. The van der Waals surface area contributed by atoms with Gasteiger partial charge in [-0.2, -0.15) is 15.0 Å². The van der Waals surface area contributed by atoms with Crippen molar-refractivity contribution in [1.29, 1.82) is 0 Å². The Hall–Kier alpha value is -4.38. The van der Waals surface area contributed by atoms with Crippen molar-refractivity contribution in [1.82, 2.24) is 15.0 Å². The Kier molecular flexibility index (Phi) is 8.33. The average Bonchev–Trinajstić information content (AvgIpc) is 3.57. The fraction of sp³-hybridized carbons (Fsp3) is 0.344. The molecule has 2 N–H and O–H groups in total. The van der Waals surface area contributed by atoms with Crippen LogP contribution in [0.4, 0.5) is 29.2 Å². The lowest BCUT2D eigenvalue weighted by Crippen LogP contribution is -2.32. The Morgan fingerprint density at radius 1 is 0.791 bits per heavy atom. The van der Waals surface area contributed by atoms with Gasteiger partial charge in [0, 0.05) is 32.2 Å². The third-order valence-corrected chi connectivity index (χ3v) is 9.72. The zero-order chi connectivity index (χ0) is 29.8. The molecule has 10 nitrogen and oxygen atoms in total. The van der Waals surface area contributed by atoms with E-state index in [1.807, 2.05) is 37.3 Å². The molecule has 43 heavy (non-hydrogen) atoms. The number of aryl methyl sites for hydroxylation is 1. The average molecular weight is 600 g/mol. The van der Waals surface area contributed by atoms with Gasteiger partial charge in [-0.3, -0.25) is 4.31 Å². The molecule has 3 heterocycles. The molecule has 2 aliphatic heterocycles. The van der Waals surface area contributed by atoms with Crippen LogP contribution in [-0.2, 0) is 16.6 Å². The summed E-state index contributed by atoms with van der Waals surface area (Å²) in [6, 6.07) is 21.0. The van der Waals surface area contributed by atoms with Crippen molar-refractivity contribution in [2.24, 2.45) is 0 Å². The maximum atomic E-state index is 13.9. The van der Waals surface area contributed by atoms with Crippen LogP contribution in [0.1, 0.15) is 43.2 Å². The Labute approximate surface area is 253 Å². The number of rotatable bonds is 9. The molecule has 3 aromatic carbocycles. The second-order valence-electron chi connectivity index (χ2n) is 11.1. The molecule has 0 atom stereocenters. The Morgan fingerprint density at radius 2 is 1.40 bits per heavy atom. The quantitative estimate of drug-likeness (QED) is 0.237. The molecule has 2 aliphatic rings. The Morgan fingerprint density at radius 3 is 2.00 bits per heavy atom. The monoisotopic (exact) mass is 599 g/mol. The number of aromatic nitrogens is 3. The van der Waals surface area contributed by atoms with Crippen LogP contribution in [0.2, 0.25) is 0 Å². The highest BCUT2D eigenvalue weighted by Crippen LogP contribution is 2.34. The summed E-state index contributed by atoms with van der Waals surface area (Å²) in [6.07, 6.45) is 5.59. The number of anilines is 5. The summed E-state index contributed by atoms with van der Waals surface area (Å²) in [5, 5.41) is 14.3. The zero-order valence-corrected chi connectivity index (χ0v) is 25.2. The molecule has 2 fully saturated rings. The van der Waals surface area contributed by atoms with Gasteiger partial charge in [0.25, 0.3) is 10.0 Å². The van der Waals surface area contributed by atoms with Gasteiger partial charge < -0.3 is 20.2 Å². The molecule has 0 radical (unpaired) electrons. The number of phenolic OH excluding ortho intramolecular Hbond substituents is 1. The van der Waals surface area contributed by atoms with Gasteiger partial charge in [0.15, 0.2) is 0 Å². The van der Waals surface area contributed by atoms with E-state index in [4.69, 9.17) is 15.0 Å². The number of sulfonamides is 1. The molecule has 0 unspecified atom stereocenters. The molecule has 0 spiro atoms. The summed E-state index contributed by atoms with van der Waals surface area (Å²) < 4.78 is 29.1. The minimum absolute atomic E-state index is 0.106. The van der Waals surface area contributed by atoms with Crippen LogP contribution in [0, 0.1) is 6.92 Å². The molecule has 0 aliphatic carbocycles. The second kappa shape index (κ2) is 12.5. The molecule has 0 amide bonds. The highest BCUT2D eigenvalue weighted by atomic mass is 32.2. The van der Waals surface area contributed by atoms with E-state index in [9.17, 15) is 13.5 Å². The summed E-state index contributed by atoms with van der Waals surface area (Å²) in [4.78, 5) is 18.7. The molecule has 4 aromatic rings. The third kappa shape index (κ3) is 6.51. The number of aromatic hydroxyl groups is 1. The lowest BCUT2D eigenvalue weighted by Gasteiger charge is -2.28. The first-order chi connectivity index (χ1) is 20.9. The standard InChI is InChI=1S/C32H37N7O3S/c1-24-12-15-27(16-13-24)43(41,42)39(23-25-10-4-2-5-11-25)26-14-17-28(29(40)22-26)33-30-34-31(37-18-6-3-7-19-37)36-32(35-30)38-20-8-9-21-38/h2,4-5,10-17,22,40H,3,6-9,18-21,23H2,1H3,(H,33,34,35,36). The van der Waals surface area contributed by atoms with Crippen molar-refractivity contribution in [2.45, 2.75) is 50.5 Å². The number of hydrogen-bond donors (Lipinski definition) is 2. The van der Waals surface area contributed by atoms with Crippen LogP contribution >= 0.6 is 0 Å². The second-order valence-corrected chi connectivity index (χ2v) is 13.0. The van der Waals surface area contributed by atoms with Crippen molar-refractivity contribution in [3.63, 3.8) is 0 Å². The van der Waals surface area contributed by atoms with Gasteiger partial charge in [-0.1, -0.05) is 48.0 Å². The van der Waals surface area contributed by atoms with Crippen molar-refractivity contribution < 1.29 is 13.5 Å². The van der Waals surface area contributed by atoms with Gasteiger partial charge in [-0.15, -0.1) is 0 Å². The normalized spacial score (nSPS) is 15.5. The smallest absolute Gasteiger partial charge is 0.264 e. The minimum Gasteiger partial charge on any atom is -0.506 e. The largest absolute Gasteiger partial charge is 0.506 e. The van der Waals surface area contributed by atoms with Crippen LogP contribution in [0.15, 0.2) is 77.7 Å². The SMILES string of the molecule is Cc1ccc(S(=O)(=O)N(Cc2ccccc2)c2ccc(Nc3nc(N4CCCCC4)nc(N4CCCC4)n3)c(O)c2)cc1. The molecular formula is C32H37N7O3S. The third-order valence-electron chi connectivity index (χ3n) is 7.93. The zero-order valence-electron chi connectivity index (χ0n) is 24.4. The van der Waals surface area contributed by atoms with Gasteiger partial charge >= 0.3 is 0 Å². The van der Waals surface area contributed by atoms with Crippen LogP contribution in [0.25, 0.3) is 0 Å². The Balaban J connectivity index is 1.32. The first kappa shape index (κ1) is 28.7. The summed E-state index contributed by atoms with van der Waals surface area (Å²) in [7, 11) is -3.93. The molecule has 2 saturated heterocycles. The van der Waals surface area contributed by atoms with E-state index in [1.165, 1.54) is 16.8 Å². The highest BCUT2D eigenvalue weighted by molar-refractivity contribution is 7.92. The number of nitrogens with one attached hydrogen (secondary N) is 1. The number of benzene rings is 3. The van der Waals surface area contributed by atoms with E-state index in [-0.39, 0.29) is 17.2 Å². The van der Waals surface area contributed by atoms with E-state index in [1.54, 1.807) is 36.4 Å². The van der Waals surface area contributed by atoms with E-state index in [0.717, 1.165) is 63.0 Å². The van der Waals surface area contributed by atoms with Gasteiger partial charge in [0.05, 0.1) is 22.8 Å². The van der Waals surface area contributed by atoms with Gasteiger partial charge in [0.1, 0.15) is 5.75 Å². The lowest BCUT2D eigenvalue weighted by molar-refractivity contribution is 0.477. The minimum atomic E-state index is -3.93. The Bertz CT molecular complexity index is 1650. The first-order valence-electron chi connectivity index (χ1n) is 14.9. The van der Waals surface area contributed by atoms with E-state index in [0.29, 0.717) is 29.2 Å². The van der Waals surface area contributed by atoms with Crippen molar-refractivity contribution in [3.05, 3.63) is 83.9 Å². The molecular weight excluding hydrogens is 562 g/mol. The number of phenols is 1. The van der Waals surface area contributed by atoms with Crippen molar-refractivity contribution >= 4 is 39.2 Å². The maximum Gasteiger partial charge on any atom is 0.264 e. The summed E-state index contributed by atoms with van der Waals surface area (Å²) in [5.74, 6) is 1.49. The van der Waals surface area contributed by atoms with Gasteiger partial charge in [0.2, 0.25) is 17.8 Å². The van der Waals surface area contributed by atoms with Crippen LogP contribution in [0.5, 0.6) is 5.75 Å². The number of hydrogen-bond acceptors (Lipinski definition) is 9. The van der Waals surface area contributed by atoms with Gasteiger partial charge in [-0.25, -0.2) is 8.42 Å². The predicted octanol–water partition coefficient (Wildman–Crippen LogP) is 5.62. The predicted molar refractivity (Wildman–Crippen MR) is 170 cm³/mol. The number of nitrogens with zero attached hydrogens (tertiary/aromatic N) is 6. The van der Waals surface area contributed by atoms with E-state index < -0.39 is 10.0 Å². The molecule has 0 bridgehead atoms. The van der Waals surface area contributed by atoms with Crippen molar-refractivity contribution in [3.8, 4) is 5.75 Å². The van der Waals surface area contributed by atoms with Crippen LogP contribution in [-0.4, -0.2) is 54.7 Å². The van der Waals surface area contributed by atoms with E-state index >= 15 is 0 Å². The summed E-state index contributed by atoms with van der Waals surface area (Å²) in [5.41, 5.74) is 2.51. The van der Waals surface area contributed by atoms with Crippen molar-refractivity contribution in [2.75, 3.05) is 45.6 Å². The first-order valence-corrected chi connectivity index (χ1v) is 16.3.